The van der Waals surface area contributed by atoms with Gasteiger partial charge in [0.2, 0.25) is 0 Å². The lowest BCUT2D eigenvalue weighted by atomic mass is 10.0. The Kier molecular flexibility index (Phi) is 5.56. The second-order valence-electron chi connectivity index (χ2n) is 4.18. The summed E-state index contributed by atoms with van der Waals surface area (Å²) >= 11 is 0. The molecule has 0 aromatic carbocycles. The van der Waals surface area contributed by atoms with Gasteiger partial charge in [-0.25, -0.2) is 4.98 Å². The van der Waals surface area contributed by atoms with Crippen LogP contribution in [-0.4, -0.2) is 17.8 Å². The average Bonchev–Trinajstić information content (AvgIpc) is 2.44. The maximum absolute atomic E-state index is 12.2. The van der Waals surface area contributed by atoms with Gasteiger partial charge in [-0.1, -0.05) is 26.8 Å². The summed E-state index contributed by atoms with van der Waals surface area (Å²) < 4.78 is 0. The number of carbonyl (C=O) groups excluding carboxylic acids is 1. The molecule has 1 rings (SSSR count). The minimum absolute atomic E-state index is 0.182. The number of carbonyl (C=O) groups is 1. The van der Waals surface area contributed by atoms with Crippen LogP contribution in [0.5, 0.6) is 0 Å². The van der Waals surface area contributed by atoms with Crippen molar-refractivity contribution in [3.8, 4) is 0 Å². The van der Waals surface area contributed by atoms with Gasteiger partial charge in [0.15, 0.2) is 5.78 Å². The van der Waals surface area contributed by atoms with Crippen LogP contribution in [0.25, 0.3) is 0 Å². The van der Waals surface area contributed by atoms with Crippen molar-refractivity contribution >= 4 is 11.6 Å². The van der Waals surface area contributed by atoms with Crippen LogP contribution in [0.15, 0.2) is 35.7 Å². The van der Waals surface area contributed by atoms with Gasteiger partial charge in [-0.05, 0) is 30.5 Å². The highest BCUT2D eigenvalue weighted by Gasteiger charge is 2.18. The van der Waals surface area contributed by atoms with E-state index in [1.165, 1.54) is 5.57 Å². The second-order valence-corrected chi connectivity index (χ2v) is 4.18. The normalized spacial score (nSPS) is 10.0. The summed E-state index contributed by atoms with van der Waals surface area (Å²) in [6, 6.07) is 5.74. The maximum atomic E-state index is 12.2. The van der Waals surface area contributed by atoms with Crippen molar-refractivity contribution in [2.45, 2.75) is 40.0 Å². The first-order chi connectivity index (χ1) is 8.65. The molecule has 0 fully saturated rings. The van der Waals surface area contributed by atoms with Crippen molar-refractivity contribution < 1.29 is 4.79 Å². The molecule has 3 nitrogen and oxygen atoms in total. The average molecular weight is 246 g/mol. The molecule has 0 spiro atoms. The first-order valence-corrected chi connectivity index (χ1v) is 6.55. The van der Waals surface area contributed by atoms with Crippen molar-refractivity contribution in [2.75, 3.05) is 11.9 Å². The van der Waals surface area contributed by atoms with E-state index in [-0.39, 0.29) is 5.78 Å². The van der Waals surface area contributed by atoms with Crippen LogP contribution in [-0.2, 0) is 4.79 Å². The van der Waals surface area contributed by atoms with E-state index >= 15 is 0 Å². The van der Waals surface area contributed by atoms with E-state index in [0.717, 1.165) is 24.4 Å². The van der Waals surface area contributed by atoms with Gasteiger partial charge in [-0.2, -0.15) is 0 Å². The van der Waals surface area contributed by atoms with Crippen LogP contribution >= 0.6 is 0 Å². The Morgan fingerprint density at radius 1 is 1.17 bits per heavy atom. The smallest absolute Gasteiger partial charge is 0.178 e. The molecule has 3 heteroatoms. The lowest BCUT2D eigenvalue weighted by molar-refractivity contribution is -0.115. The van der Waals surface area contributed by atoms with Crippen LogP contribution < -0.4 is 4.90 Å². The number of ketones is 1. The Morgan fingerprint density at radius 2 is 1.83 bits per heavy atom. The Morgan fingerprint density at radius 3 is 2.28 bits per heavy atom. The summed E-state index contributed by atoms with van der Waals surface area (Å²) in [7, 11) is 1.91. The molecule has 0 aliphatic heterocycles. The predicted molar refractivity (Wildman–Crippen MR) is 75.5 cm³/mol. The van der Waals surface area contributed by atoms with Crippen LogP contribution in [0, 0.1) is 0 Å². The predicted octanol–water partition coefficient (Wildman–Crippen LogP) is 3.57. The van der Waals surface area contributed by atoms with Gasteiger partial charge in [0.05, 0.1) is 5.70 Å². The first kappa shape index (κ1) is 14.4. The summed E-state index contributed by atoms with van der Waals surface area (Å²) in [4.78, 5) is 18.4. The molecule has 0 saturated carbocycles. The Labute approximate surface area is 110 Å². The standard InChI is InChI=1S/C15H22N2O/c1-5-12(6-2)15(13(18)7-3)17(4)14-10-8-9-11-16-14/h8-11H,5-7H2,1-4H3. The van der Waals surface area contributed by atoms with Gasteiger partial charge >= 0.3 is 0 Å². The van der Waals surface area contributed by atoms with Crippen molar-refractivity contribution in [2.24, 2.45) is 0 Å². The zero-order valence-electron chi connectivity index (χ0n) is 11.7. The molecule has 0 atom stereocenters. The number of aromatic nitrogens is 1. The first-order valence-electron chi connectivity index (χ1n) is 6.55. The van der Waals surface area contributed by atoms with E-state index in [1.54, 1.807) is 6.20 Å². The minimum Gasteiger partial charge on any atom is -0.327 e. The molecule has 0 amide bonds. The third-order valence-corrected chi connectivity index (χ3v) is 3.10. The summed E-state index contributed by atoms with van der Waals surface area (Å²) in [5, 5.41) is 0. The molecule has 0 unspecified atom stereocenters. The van der Waals surface area contributed by atoms with Crippen molar-refractivity contribution in [3.05, 3.63) is 35.7 Å². The topological polar surface area (TPSA) is 33.2 Å². The number of Topliss-reactive ketones (excluding diaryl/α,β-unsaturated/α-hetero) is 1. The molecule has 0 aliphatic carbocycles. The highest BCUT2D eigenvalue weighted by molar-refractivity contribution is 5.98. The lowest BCUT2D eigenvalue weighted by Gasteiger charge is -2.23. The number of rotatable bonds is 6. The molecule has 0 bridgehead atoms. The maximum Gasteiger partial charge on any atom is 0.178 e. The molecular weight excluding hydrogens is 224 g/mol. The Balaban J connectivity index is 3.20. The fourth-order valence-corrected chi connectivity index (χ4v) is 2.04. The molecule has 0 radical (unpaired) electrons. The summed E-state index contributed by atoms with van der Waals surface area (Å²) in [5.41, 5.74) is 2.00. The van der Waals surface area contributed by atoms with Gasteiger partial charge < -0.3 is 4.90 Å². The molecule has 0 saturated heterocycles. The highest BCUT2D eigenvalue weighted by atomic mass is 16.1. The Bertz CT molecular complexity index is 417. The van der Waals surface area contributed by atoms with Gasteiger partial charge in [0.25, 0.3) is 0 Å². The summed E-state index contributed by atoms with van der Waals surface area (Å²) in [5.74, 6) is 0.996. The van der Waals surface area contributed by atoms with E-state index in [2.05, 4.69) is 18.8 Å². The SMILES string of the molecule is CCC(=O)C(=C(CC)CC)N(C)c1ccccn1. The van der Waals surface area contributed by atoms with E-state index < -0.39 is 0 Å². The lowest BCUT2D eigenvalue weighted by Crippen LogP contribution is -2.25. The number of hydrogen-bond donors (Lipinski definition) is 0. The molecule has 98 valence electrons. The molecule has 1 heterocycles. The number of allylic oxidation sites excluding steroid dienone is 2. The largest absolute Gasteiger partial charge is 0.327 e. The van der Waals surface area contributed by atoms with Crippen molar-refractivity contribution in [1.82, 2.24) is 4.98 Å². The number of nitrogens with zero attached hydrogens (tertiary/aromatic N) is 2. The fourth-order valence-electron chi connectivity index (χ4n) is 2.04. The number of pyridine rings is 1. The van der Waals surface area contributed by atoms with E-state index in [0.29, 0.717) is 6.42 Å². The van der Waals surface area contributed by atoms with Crippen LogP contribution in [0.4, 0.5) is 5.82 Å². The number of hydrogen-bond acceptors (Lipinski definition) is 3. The molecule has 0 N–H and O–H groups in total. The summed E-state index contributed by atoms with van der Waals surface area (Å²) in [6.45, 7) is 6.08. The molecule has 1 aromatic heterocycles. The van der Waals surface area contributed by atoms with Crippen molar-refractivity contribution in [3.63, 3.8) is 0 Å². The van der Waals surface area contributed by atoms with E-state index in [9.17, 15) is 4.79 Å². The van der Waals surface area contributed by atoms with E-state index in [1.807, 2.05) is 37.1 Å². The van der Waals surface area contributed by atoms with Gasteiger partial charge in [0, 0.05) is 19.7 Å². The highest BCUT2D eigenvalue weighted by Crippen LogP contribution is 2.22. The molecule has 0 aliphatic rings. The number of anilines is 1. The number of likely N-dealkylation sites (N-methyl/N-ethyl adjacent to an activating group) is 1. The monoisotopic (exact) mass is 246 g/mol. The molecule has 1 aromatic rings. The Hall–Kier alpha value is -1.64. The minimum atomic E-state index is 0.182. The fraction of sp³-hybridized carbons (Fsp3) is 0.467. The van der Waals surface area contributed by atoms with Crippen molar-refractivity contribution in [1.29, 1.82) is 0 Å². The third kappa shape index (κ3) is 3.19. The third-order valence-electron chi connectivity index (χ3n) is 3.10. The van der Waals surface area contributed by atoms with Crippen LogP contribution in [0.1, 0.15) is 40.0 Å². The second kappa shape index (κ2) is 6.94. The zero-order valence-corrected chi connectivity index (χ0v) is 11.7. The van der Waals surface area contributed by atoms with Gasteiger partial charge in [-0.15, -0.1) is 0 Å². The molecule has 18 heavy (non-hydrogen) atoms. The summed E-state index contributed by atoms with van der Waals surface area (Å²) in [6.07, 6.45) is 4.07. The van der Waals surface area contributed by atoms with Gasteiger partial charge in [-0.3, -0.25) is 4.79 Å². The van der Waals surface area contributed by atoms with Crippen LogP contribution in [0.2, 0.25) is 0 Å². The van der Waals surface area contributed by atoms with Gasteiger partial charge in [0.1, 0.15) is 5.82 Å². The quantitative estimate of drug-likeness (QED) is 0.719. The van der Waals surface area contributed by atoms with Crippen LogP contribution in [0.3, 0.4) is 0 Å². The zero-order chi connectivity index (χ0) is 13.5. The van der Waals surface area contributed by atoms with E-state index in [4.69, 9.17) is 0 Å². The molecular formula is C15H22N2O.